The van der Waals surface area contributed by atoms with Crippen LogP contribution >= 0.6 is 0 Å². The van der Waals surface area contributed by atoms with Gasteiger partial charge in [-0.2, -0.15) is 4.98 Å². The molecule has 1 aromatic heterocycles. The van der Waals surface area contributed by atoms with Gasteiger partial charge in [0.05, 0.1) is 6.54 Å². The summed E-state index contributed by atoms with van der Waals surface area (Å²) in [6.45, 7) is 1.81. The molecule has 2 rings (SSSR count). The molecule has 0 atom stereocenters. The molecule has 0 aliphatic rings. The van der Waals surface area contributed by atoms with Crippen molar-refractivity contribution < 1.29 is 14.4 Å². The number of hydrogen-bond donors (Lipinski definition) is 2. The number of aromatic nitrogens is 2. The quantitative estimate of drug-likeness (QED) is 0.740. The van der Waals surface area contributed by atoms with E-state index in [1.54, 1.807) is 6.07 Å². The highest BCUT2D eigenvalue weighted by Crippen LogP contribution is 2.21. The molecule has 1 aromatic carbocycles. The van der Waals surface area contributed by atoms with Crippen LogP contribution in [0, 0.1) is 6.92 Å². The number of rotatable bonds is 3. The highest BCUT2D eigenvalue weighted by molar-refractivity contribution is 5.63. The van der Waals surface area contributed by atoms with E-state index in [0.29, 0.717) is 17.1 Å². The van der Waals surface area contributed by atoms with Gasteiger partial charge in [0, 0.05) is 11.3 Å². The number of aryl methyl sites for hydroxylation is 1. The van der Waals surface area contributed by atoms with Gasteiger partial charge in [0.1, 0.15) is 6.09 Å². The SMILES string of the molecule is Cc1ccc(-c2noc(CNC(=O)[O-])n2)cc1N. The molecule has 0 unspecified atom stereocenters. The van der Waals surface area contributed by atoms with Gasteiger partial charge in [0.2, 0.25) is 11.7 Å². The van der Waals surface area contributed by atoms with Crippen LogP contribution in [0.5, 0.6) is 0 Å². The van der Waals surface area contributed by atoms with E-state index in [9.17, 15) is 9.90 Å². The zero-order chi connectivity index (χ0) is 13.1. The summed E-state index contributed by atoms with van der Waals surface area (Å²) in [7, 11) is 0. The molecule has 7 heteroatoms. The van der Waals surface area contributed by atoms with E-state index in [-0.39, 0.29) is 12.4 Å². The minimum absolute atomic E-state index is 0.0866. The van der Waals surface area contributed by atoms with Crippen molar-refractivity contribution in [1.82, 2.24) is 15.5 Å². The molecular formula is C11H11N4O3-. The van der Waals surface area contributed by atoms with Crippen molar-refractivity contribution in [2.24, 2.45) is 0 Å². The van der Waals surface area contributed by atoms with Crippen LogP contribution in [0.2, 0.25) is 0 Å². The standard InChI is InChI=1S/C11H12N4O3/c1-6-2-3-7(4-8(6)12)10-14-9(18-15-10)5-13-11(16)17/h2-4,13H,5,12H2,1H3,(H,16,17)/p-1. The second-order valence-electron chi connectivity index (χ2n) is 3.72. The zero-order valence-corrected chi connectivity index (χ0v) is 9.64. The topological polar surface area (TPSA) is 117 Å². The molecule has 0 spiro atoms. The van der Waals surface area contributed by atoms with Gasteiger partial charge in [-0.25, -0.2) is 0 Å². The Morgan fingerprint density at radius 3 is 3.00 bits per heavy atom. The summed E-state index contributed by atoms with van der Waals surface area (Å²) in [5.74, 6) is 0.519. The number of hydrogen-bond acceptors (Lipinski definition) is 6. The third kappa shape index (κ3) is 2.57. The summed E-state index contributed by atoms with van der Waals surface area (Å²) in [5.41, 5.74) is 8.08. The molecule has 1 heterocycles. The minimum Gasteiger partial charge on any atom is -0.530 e. The molecule has 94 valence electrons. The molecular weight excluding hydrogens is 236 g/mol. The number of amides is 1. The van der Waals surface area contributed by atoms with Gasteiger partial charge in [-0.05, 0) is 18.6 Å². The highest BCUT2D eigenvalue weighted by atomic mass is 16.5. The Morgan fingerprint density at radius 1 is 1.56 bits per heavy atom. The molecule has 2 aromatic rings. The van der Waals surface area contributed by atoms with Gasteiger partial charge < -0.3 is 25.5 Å². The van der Waals surface area contributed by atoms with Gasteiger partial charge in [-0.3, -0.25) is 0 Å². The van der Waals surface area contributed by atoms with E-state index < -0.39 is 6.09 Å². The molecule has 3 N–H and O–H groups in total. The number of nitrogens with two attached hydrogens (primary N) is 1. The molecule has 1 amide bonds. The van der Waals surface area contributed by atoms with Gasteiger partial charge in [0.25, 0.3) is 0 Å². The lowest BCUT2D eigenvalue weighted by atomic mass is 10.1. The van der Waals surface area contributed by atoms with Crippen LogP contribution in [0.15, 0.2) is 22.7 Å². The van der Waals surface area contributed by atoms with Gasteiger partial charge >= 0.3 is 0 Å². The number of carboxylic acid groups (broad SMARTS) is 1. The van der Waals surface area contributed by atoms with Gasteiger partial charge in [0.15, 0.2) is 0 Å². The fourth-order valence-electron chi connectivity index (χ4n) is 1.37. The molecule has 0 saturated carbocycles. The predicted molar refractivity (Wildman–Crippen MR) is 61.1 cm³/mol. The molecule has 18 heavy (non-hydrogen) atoms. The lowest BCUT2D eigenvalue weighted by Crippen LogP contribution is -2.35. The second kappa shape index (κ2) is 4.74. The summed E-state index contributed by atoms with van der Waals surface area (Å²) in [6.07, 6.45) is -1.39. The fraction of sp³-hybridized carbons (Fsp3) is 0.182. The maximum Gasteiger partial charge on any atom is 0.246 e. The monoisotopic (exact) mass is 247 g/mol. The average Bonchev–Trinajstić information content (AvgIpc) is 2.79. The van der Waals surface area contributed by atoms with Crippen molar-refractivity contribution in [3.8, 4) is 11.4 Å². The smallest absolute Gasteiger partial charge is 0.246 e. The first-order chi connectivity index (χ1) is 8.56. The molecule has 0 fully saturated rings. The van der Waals surface area contributed by atoms with E-state index in [2.05, 4.69) is 10.1 Å². The predicted octanol–water partition coefficient (Wildman–Crippen LogP) is 0.0601. The van der Waals surface area contributed by atoms with Gasteiger partial charge in [-0.1, -0.05) is 17.3 Å². The van der Waals surface area contributed by atoms with Crippen molar-refractivity contribution in [1.29, 1.82) is 0 Å². The fourth-order valence-corrected chi connectivity index (χ4v) is 1.37. The van der Waals surface area contributed by atoms with Crippen LogP contribution < -0.4 is 16.2 Å². The number of nitrogens with one attached hydrogen (secondary N) is 1. The Balaban J connectivity index is 2.18. The zero-order valence-electron chi connectivity index (χ0n) is 9.64. The largest absolute Gasteiger partial charge is 0.530 e. The number of anilines is 1. The van der Waals surface area contributed by atoms with Crippen LogP contribution in [-0.4, -0.2) is 16.2 Å². The van der Waals surface area contributed by atoms with Crippen LogP contribution in [0.25, 0.3) is 11.4 Å². The second-order valence-corrected chi connectivity index (χ2v) is 3.72. The Morgan fingerprint density at radius 2 is 2.33 bits per heavy atom. The Labute approximate surface area is 103 Å². The van der Waals surface area contributed by atoms with Crippen LogP contribution in [-0.2, 0) is 6.54 Å². The first kappa shape index (κ1) is 11.9. The molecule has 0 radical (unpaired) electrons. The summed E-state index contributed by atoms with van der Waals surface area (Å²) >= 11 is 0. The Bertz CT molecular complexity index is 579. The first-order valence-corrected chi connectivity index (χ1v) is 5.20. The molecule has 0 saturated heterocycles. The molecule has 0 aliphatic carbocycles. The van der Waals surface area contributed by atoms with Crippen LogP contribution in [0.4, 0.5) is 10.5 Å². The summed E-state index contributed by atoms with van der Waals surface area (Å²) in [6, 6.07) is 5.39. The van der Waals surface area contributed by atoms with E-state index in [4.69, 9.17) is 10.3 Å². The molecule has 7 nitrogen and oxygen atoms in total. The van der Waals surface area contributed by atoms with Crippen molar-refractivity contribution in [3.63, 3.8) is 0 Å². The summed E-state index contributed by atoms with van der Waals surface area (Å²) in [5, 5.41) is 16.0. The van der Waals surface area contributed by atoms with Crippen molar-refractivity contribution >= 4 is 11.8 Å². The van der Waals surface area contributed by atoms with Crippen molar-refractivity contribution in [3.05, 3.63) is 29.7 Å². The summed E-state index contributed by atoms with van der Waals surface area (Å²) in [4.78, 5) is 14.2. The van der Waals surface area contributed by atoms with Crippen LogP contribution in [0.1, 0.15) is 11.5 Å². The van der Waals surface area contributed by atoms with E-state index in [1.165, 1.54) is 0 Å². The highest BCUT2D eigenvalue weighted by Gasteiger charge is 2.09. The number of nitrogen functional groups attached to an aromatic ring is 1. The first-order valence-electron chi connectivity index (χ1n) is 5.20. The lowest BCUT2D eigenvalue weighted by Gasteiger charge is -2.01. The third-order valence-electron chi connectivity index (χ3n) is 2.39. The Hall–Kier alpha value is -2.57. The average molecular weight is 247 g/mol. The number of carbonyl (C=O) groups is 1. The van der Waals surface area contributed by atoms with Crippen molar-refractivity contribution in [2.75, 3.05) is 5.73 Å². The van der Waals surface area contributed by atoms with Crippen molar-refractivity contribution in [2.45, 2.75) is 13.5 Å². The minimum atomic E-state index is -1.39. The normalized spacial score (nSPS) is 10.3. The van der Waals surface area contributed by atoms with E-state index in [1.807, 2.05) is 24.4 Å². The maximum atomic E-state index is 10.2. The number of benzene rings is 1. The van der Waals surface area contributed by atoms with Crippen LogP contribution in [0.3, 0.4) is 0 Å². The maximum absolute atomic E-state index is 10.2. The lowest BCUT2D eigenvalue weighted by molar-refractivity contribution is -0.251. The van der Waals surface area contributed by atoms with Gasteiger partial charge in [-0.15, -0.1) is 0 Å². The number of nitrogens with zero attached hydrogens (tertiary/aromatic N) is 2. The summed E-state index contributed by atoms with van der Waals surface area (Å²) < 4.78 is 4.88. The molecule has 0 aliphatic heterocycles. The van der Waals surface area contributed by atoms with E-state index >= 15 is 0 Å². The third-order valence-corrected chi connectivity index (χ3v) is 2.39. The van der Waals surface area contributed by atoms with E-state index in [0.717, 1.165) is 5.56 Å². The number of carbonyl (C=O) groups excluding carboxylic acids is 1. The molecule has 0 bridgehead atoms. The Kier molecular flexibility index (Phi) is 3.13.